The SMILES string of the molecule is CCCNC(=O)c1ccc(Br)c(C(=O)OC)n1. The second-order valence-corrected chi connectivity index (χ2v) is 4.13. The van der Waals surface area contributed by atoms with E-state index in [-0.39, 0.29) is 17.3 Å². The Hall–Kier alpha value is -1.43. The number of methoxy groups -OCH3 is 1. The van der Waals surface area contributed by atoms with Crippen molar-refractivity contribution in [1.82, 2.24) is 10.3 Å². The molecule has 0 aromatic carbocycles. The zero-order valence-corrected chi connectivity index (χ0v) is 11.2. The molecule has 0 fully saturated rings. The number of hydrogen-bond acceptors (Lipinski definition) is 4. The molecule has 0 aliphatic heterocycles. The van der Waals surface area contributed by atoms with Crippen LogP contribution in [-0.2, 0) is 4.74 Å². The molecule has 5 nitrogen and oxygen atoms in total. The van der Waals surface area contributed by atoms with E-state index in [1.807, 2.05) is 6.92 Å². The minimum atomic E-state index is -0.581. The van der Waals surface area contributed by atoms with Crippen LogP contribution < -0.4 is 5.32 Å². The number of carbonyl (C=O) groups is 2. The second kappa shape index (κ2) is 6.34. The van der Waals surface area contributed by atoms with Crippen LogP contribution in [0.25, 0.3) is 0 Å². The Morgan fingerprint density at radius 2 is 2.18 bits per heavy atom. The fraction of sp³-hybridized carbons (Fsp3) is 0.364. The first kappa shape index (κ1) is 13.6. The molecule has 0 bridgehead atoms. The number of nitrogens with one attached hydrogen (secondary N) is 1. The van der Waals surface area contributed by atoms with Gasteiger partial charge in [-0.25, -0.2) is 9.78 Å². The molecule has 0 aliphatic rings. The van der Waals surface area contributed by atoms with Gasteiger partial charge < -0.3 is 10.1 Å². The van der Waals surface area contributed by atoms with E-state index in [1.54, 1.807) is 12.1 Å². The number of ether oxygens (including phenoxy) is 1. The summed E-state index contributed by atoms with van der Waals surface area (Å²) in [6, 6.07) is 3.14. The maximum absolute atomic E-state index is 11.6. The van der Waals surface area contributed by atoms with Crippen LogP contribution in [0.5, 0.6) is 0 Å². The van der Waals surface area contributed by atoms with Crippen LogP contribution >= 0.6 is 15.9 Å². The molecule has 0 radical (unpaired) electrons. The van der Waals surface area contributed by atoms with Gasteiger partial charge >= 0.3 is 5.97 Å². The first-order chi connectivity index (χ1) is 8.10. The van der Waals surface area contributed by atoms with Crippen LogP contribution in [-0.4, -0.2) is 30.5 Å². The molecule has 92 valence electrons. The lowest BCUT2D eigenvalue weighted by molar-refractivity contribution is 0.0592. The molecular formula is C11H13BrN2O3. The molecule has 1 aromatic heterocycles. The predicted octanol–water partition coefficient (Wildman–Crippen LogP) is 1.77. The van der Waals surface area contributed by atoms with Crippen molar-refractivity contribution in [3.05, 3.63) is 28.0 Å². The van der Waals surface area contributed by atoms with E-state index < -0.39 is 5.97 Å². The molecule has 1 amide bonds. The summed E-state index contributed by atoms with van der Waals surface area (Å²) in [5.41, 5.74) is 0.290. The summed E-state index contributed by atoms with van der Waals surface area (Å²) in [5.74, 6) is -0.883. The summed E-state index contributed by atoms with van der Waals surface area (Å²) >= 11 is 3.18. The van der Waals surface area contributed by atoms with Crippen molar-refractivity contribution < 1.29 is 14.3 Å². The van der Waals surface area contributed by atoms with Gasteiger partial charge in [0.1, 0.15) is 5.69 Å². The number of halogens is 1. The molecule has 1 N–H and O–H groups in total. The highest BCUT2D eigenvalue weighted by Gasteiger charge is 2.15. The number of esters is 1. The highest BCUT2D eigenvalue weighted by molar-refractivity contribution is 9.10. The molecule has 0 aliphatic carbocycles. The molecule has 1 rings (SSSR count). The van der Waals surface area contributed by atoms with E-state index in [0.717, 1.165) is 6.42 Å². The molecule has 1 heterocycles. The van der Waals surface area contributed by atoms with Crippen LogP contribution in [0.1, 0.15) is 34.3 Å². The van der Waals surface area contributed by atoms with Crippen LogP contribution in [0.2, 0.25) is 0 Å². The Labute approximate surface area is 108 Å². The third-order valence-electron chi connectivity index (χ3n) is 1.99. The maximum Gasteiger partial charge on any atom is 0.357 e. The monoisotopic (exact) mass is 300 g/mol. The van der Waals surface area contributed by atoms with E-state index in [9.17, 15) is 9.59 Å². The highest BCUT2D eigenvalue weighted by Crippen LogP contribution is 2.16. The Morgan fingerprint density at radius 3 is 2.76 bits per heavy atom. The Morgan fingerprint density at radius 1 is 1.47 bits per heavy atom. The van der Waals surface area contributed by atoms with Crippen molar-refractivity contribution in [1.29, 1.82) is 0 Å². The molecule has 0 saturated carbocycles. The van der Waals surface area contributed by atoms with Crippen LogP contribution in [0, 0.1) is 0 Å². The number of pyridine rings is 1. The van der Waals surface area contributed by atoms with Gasteiger partial charge in [-0.15, -0.1) is 0 Å². The first-order valence-corrected chi connectivity index (χ1v) is 5.92. The van der Waals surface area contributed by atoms with Gasteiger partial charge in [0.15, 0.2) is 5.69 Å². The molecule has 0 spiro atoms. The normalized spacial score (nSPS) is 9.82. The van der Waals surface area contributed by atoms with Crippen LogP contribution in [0.3, 0.4) is 0 Å². The zero-order chi connectivity index (χ0) is 12.8. The van der Waals surface area contributed by atoms with E-state index in [4.69, 9.17) is 0 Å². The molecule has 0 saturated heterocycles. The molecule has 17 heavy (non-hydrogen) atoms. The van der Waals surface area contributed by atoms with Gasteiger partial charge in [0, 0.05) is 6.54 Å². The molecule has 1 aromatic rings. The van der Waals surface area contributed by atoms with Crippen molar-refractivity contribution in [2.45, 2.75) is 13.3 Å². The maximum atomic E-state index is 11.6. The lowest BCUT2D eigenvalue weighted by Crippen LogP contribution is -2.25. The number of rotatable bonds is 4. The number of amides is 1. The van der Waals surface area contributed by atoms with Crippen molar-refractivity contribution in [3.63, 3.8) is 0 Å². The number of hydrogen-bond donors (Lipinski definition) is 1. The Kier molecular flexibility index (Phi) is 5.09. The summed E-state index contributed by atoms with van der Waals surface area (Å²) < 4.78 is 5.07. The largest absolute Gasteiger partial charge is 0.464 e. The van der Waals surface area contributed by atoms with E-state index >= 15 is 0 Å². The quantitative estimate of drug-likeness (QED) is 0.861. The average molecular weight is 301 g/mol. The van der Waals surface area contributed by atoms with Gasteiger partial charge in [-0.2, -0.15) is 0 Å². The van der Waals surface area contributed by atoms with E-state index in [0.29, 0.717) is 11.0 Å². The number of carbonyl (C=O) groups excluding carboxylic acids is 2. The lowest BCUT2D eigenvalue weighted by Gasteiger charge is -2.05. The summed E-state index contributed by atoms with van der Waals surface area (Å²) in [6.45, 7) is 2.53. The summed E-state index contributed by atoms with van der Waals surface area (Å²) in [6.07, 6.45) is 0.839. The van der Waals surface area contributed by atoms with Gasteiger partial charge in [-0.3, -0.25) is 4.79 Å². The third kappa shape index (κ3) is 3.52. The van der Waals surface area contributed by atoms with Gasteiger partial charge in [-0.1, -0.05) is 6.92 Å². The first-order valence-electron chi connectivity index (χ1n) is 5.13. The van der Waals surface area contributed by atoms with Gasteiger partial charge in [0.2, 0.25) is 0 Å². The third-order valence-corrected chi connectivity index (χ3v) is 2.63. The Bertz CT molecular complexity index is 435. The molecule has 0 unspecified atom stereocenters. The van der Waals surface area contributed by atoms with Crippen molar-refractivity contribution in [3.8, 4) is 0 Å². The number of nitrogens with zero attached hydrogens (tertiary/aromatic N) is 1. The van der Waals surface area contributed by atoms with Gasteiger partial charge in [0.05, 0.1) is 11.6 Å². The van der Waals surface area contributed by atoms with E-state index in [2.05, 4.69) is 31.0 Å². The fourth-order valence-electron chi connectivity index (χ4n) is 1.14. The van der Waals surface area contributed by atoms with Gasteiger partial charge in [0.25, 0.3) is 5.91 Å². The molecule has 6 heteroatoms. The number of aromatic nitrogens is 1. The fourth-order valence-corrected chi connectivity index (χ4v) is 1.52. The smallest absolute Gasteiger partial charge is 0.357 e. The van der Waals surface area contributed by atoms with E-state index in [1.165, 1.54) is 7.11 Å². The van der Waals surface area contributed by atoms with Crippen molar-refractivity contribution in [2.75, 3.05) is 13.7 Å². The topological polar surface area (TPSA) is 68.3 Å². The summed E-state index contributed by atoms with van der Waals surface area (Å²) in [7, 11) is 1.26. The summed E-state index contributed by atoms with van der Waals surface area (Å²) in [4.78, 5) is 27.0. The minimum Gasteiger partial charge on any atom is -0.464 e. The summed E-state index contributed by atoms with van der Waals surface area (Å²) in [5, 5.41) is 2.68. The van der Waals surface area contributed by atoms with Gasteiger partial charge in [-0.05, 0) is 34.5 Å². The highest BCUT2D eigenvalue weighted by atomic mass is 79.9. The van der Waals surface area contributed by atoms with Crippen LogP contribution in [0.15, 0.2) is 16.6 Å². The average Bonchev–Trinajstić information content (AvgIpc) is 2.35. The lowest BCUT2D eigenvalue weighted by atomic mass is 10.3. The second-order valence-electron chi connectivity index (χ2n) is 3.27. The molecular weight excluding hydrogens is 288 g/mol. The zero-order valence-electron chi connectivity index (χ0n) is 9.62. The molecule has 0 atom stereocenters. The van der Waals surface area contributed by atoms with Crippen molar-refractivity contribution >= 4 is 27.8 Å². The predicted molar refractivity (Wildman–Crippen MR) is 65.9 cm³/mol. The Balaban J connectivity index is 2.96. The minimum absolute atomic E-state index is 0.0941. The van der Waals surface area contributed by atoms with Crippen LogP contribution in [0.4, 0.5) is 0 Å². The standard InChI is InChI=1S/C11H13BrN2O3/c1-3-6-13-10(15)8-5-4-7(12)9(14-8)11(16)17-2/h4-5H,3,6H2,1-2H3,(H,13,15). The van der Waals surface area contributed by atoms with Crippen molar-refractivity contribution in [2.24, 2.45) is 0 Å².